The van der Waals surface area contributed by atoms with Crippen LogP contribution < -0.4 is 5.32 Å². The smallest absolute Gasteiger partial charge is 0.152 e. The van der Waals surface area contributed by atoms with E-state index in [0.717, 1.165) is 5.82 Å². The van der Waals surface area contributed by atoms with Crippen LogP contribution in [0.5, 0.6) is 0 Å². The van der Waals surface area contributed by atoms with Crippen molar-refractivity contribution < 1.29 is 13.2 Å². The highest BCUT2D eigenvalue weighted by Gasteiger charge is 2.10. The van der Waals surface area contributed by atoms with Crippen LogP contribution in [0.4, 0.5) is 18.9 Å². The second-order valence-electron chi connectivity index (χ2n) is 3.84. The summed E-state index contributed by atoms with van der Waals surface area (Å²) in [7, 11) is 0. The maximum Gasteiger partial charge on any atom is 0.152 e. The number of hydrogen-bond acceptors (Lipinski definition) is 2. The molecule has 2 rings (SSSR count). The number of hydrogen-bond donors (Lipinski definition) is 1. The number of halogens is 3. The Kier molecular flexibility index (Phi) is 3.55. The zero-order valence-corrected chi connectivity index (χ0v) is 9.75. The second-order valence-corrected chi connectivity index (χ2v) is 3.84. The van der Waals surface area contributed by atoms with E-state index in [1.165, 1.54) is 0 Å². The fourth-order valence-electron chi connectivity index (χ4n) is 1.65. The van der Waals surface area contributed by atoms with E-state index in [1.54, 1.807) is 12.4 Å². The van der Waals surface area contributed by atoms with Crippen molar-refractivity contribution in [1.82, 2.24) is 9.55 Å². The normalized spacial score (nSPS) is 10.7. The minimum atomic E-state index is -0.935. The molecule has 1 heterocycles. The van der Waals surface area contributed by atoms with Crippen molar-refractivity contribution in [1.29, 1.82) is 0 Å². The summed E-state index contributed by atoms with van der Waals surface area (Å²) in [5.41, 5.74) is -0.311. The molecule has 0 atom stereocenters. The first-order valence-corrected chi connectivity index (χ1v) is 5.44. The maximum atomic E-state index is 13.3. The van der Waals surface area contributed by atoms with Gasteiger partial charge in [0, 0.05) is 37.6 Å². The molecular weight excluding hydrogens is 243 g/mol. The first-order chi connectivity index (χ1) is 8.58. The molecule has 6 heteroatoms. The lowest BCUT2D eigenvalue weighted by Crippen LogP contribution is -2.13. The number of anilines is 1. The minimum absolute atomic E-state index is 0.311. The summed E-state index contributed by atoms with van der Waals surface area (Å²) in [4.78, 5) is 4.03. The summed E-state index contributed by atoms with van der Waals surface area (Å²) >= 11 is 0. The van der Waals surface area contributed by atoms with Crippen molar-refractivity contribution >= 4 is 5.69 Å². The Morgan fingerprint density at radius 3 is 2.44 bits per heavy atom. The molecule has 1 N–H and O–H groups in total. The average Bonchev–Trinajstić information content (AvgIpc) is 2.68. The number of benzene rings is 1. The van der Waals surface area contributed by atoms with E-state index in [9.17, 15) is 13.2 Å². The first-order valence-electron chi connectivity index (χ1n) is 5.44. The highest BCUT2D eigenvalue weighted by atomic mass is 19.1. The zero-order valence-electron chi connectivity index (χ0n) is 9.75. The van der Waals surface area contributed by atoms with Gasteiger partial charge in [0.05, 0.1) is 0 Å². The van der Waals surface area contributed by atoms with Crippen LogP contribution in [0.3, 0.4) is 0 Å². The van der Waals surface area contributed by atoms with Gasteiger partial charge in [0.25, 0.3) is 0 Å². The topological polar surface area (TPSA) is 29.9 Å². The molecule has 1 aromatic heterocycles. The van der Waals surface area contributed by atoms with E-state index in [2.05, 4.69) is 10.3 Å². The number of aryl methyl sites for hydroxylation is 1. The van der Waals surface area contributed by atoms with Gasteiger partial charge in [0.1, 0.15) is 17.3 Å². The number of rotatable bonds is 4. The lowest BCUT2D eigenvalue weighted by atomic mass is 10.2. The molecule has 0 fully saturated rings. The van der Waals surface area contributed by atoms with E-state index < -0.39 is 17.5 Å². The van der Waals surface area contributed by atoms with Gasteiger partial charge in [-0.3, -0.25) is 0 Å². The van der Waals surface area contributed by atoms with E-state index in [0.29, 0.717) is 25.2 Å². The molecule has 0 bridgehead atoms. The van der Waals surface area contributed by atoms with Crippen LogP contribution in [-0.4, -0.2) is 16.1 Å². The third-order valence-corrected chi connectivity index (χ3v) is 2.59. The summed E-state index contributed by atoms with van der Waals surface area (Å²) in [5, 5.41) is 2.61. The van der Waals surface area contributed by atoms with Gasteiger partial charge in [-0.1, -0.05) is 0 Å². The Morgan fingerprint density at radius 1 is 1.22 bits per heavy atom. The van der Waals surface area contributed by atoms with Gasteiger partial charge < -0.3 is 9.88 Å². The molecule has 0 amide bonds. The predicted octanol–water partition coefficient (Wildman–Crippen LogP) is 2.72. The Labute approximate surface area is 102 Å². The van der Waals surface area contributed by atoms with Crippen molar-refractivity contribution in [3.8, 4) is 0 Å². The number of nitrogens with one attached hydrogen (secondary N) is 1. The van der Waals surface area contributed by atoms with Crippen LogP contribution in [0.15, 0.2) is 24.5 Å². The third-order valence-electron chi connectivity index (χ3n) is 2.59. The molecule has 18 heavy (non-hydrogen) atoms. The van der Waals surface area contributed by atoms with Gasteiger partial charge in [0.15, 0.2) is 11.6 Å². The lowest BCUT2D eigenvalue weighted by Gasteiger charge is -2.10. The van der Waals surface area contributed by atoms with Crippen molar-refractivity contribution in [2.24, 2.45) is 0 Å². The van der Waals surface area contributed by atoms with E-state index in [-0.39, 0.29) is 5.69 Å². The van der Waals surface area contributed by atoms with Crippen molar-refractivity contribution in [3.05, 3.63) is 47.8 Å². The first kappa shape index (κ1) is 12.5. The van der Waals surface area contributed by atoms with Crippen LogP contribution in [0, 0.1) is 24.4 Å². The zero-order chi connectivity index (χ0) is 13.1. The summed E-state index contributed by atoms with van der Waals surface area (Å²) in [6.45, 7) is 2.66. The molecule has 3 nitrogen and oxygen atoms in total. The van der Waals surface area contributed by atoms with Crippen LogP contribution in [0.1, 0.15) is 5.82 Å². The predicted molar refractivity (Wildman–Crippen MR) is 61.8 cm³/mol. The summed E-state index contributed by atoms with van der Waals surface area (Å²) in [6, 6.07) is 1.29. The van der Waals surface area contributed by atoms with Crippen molar-refractivity contribution in [2.45, 2.75) is 13.5 Å². The van der Waals surface area contributed by atoms with Crippen molar-refractivity contribution in [2.75, 3.05) is 11.9 Å². The fourth-order valence-corrected chi connectivity index (χ4v) is 1.65. The highest BCUT2D eigenvalue weighted by molar-refractivity contribution is 5.46. The van der Waals surface area contributed by atoms with Gasteiger partial charge in [0.2, 0.25) is 0 Å². The average molecular weight is 255 g/mol. The fraction of sp³-hybridized carbons (Fsp3) is 0.250. The van der Waals surface area contributed by atoms with Gasteiger partial charge in [-0.05, 0) is 6.92 Å². The van der Waals surface area contributed by atoms with E-state index in [1.807, 2.05) is 11.5 Å². The molecule has 0 aliphatic heterocycles. The maximum absolute atomic E-state index is 13.3. The molecule has 1 aromatic carbocycles. The Hall–Kier alpha value is -1.98. The number of imidazole rings is 1. The summed E-state index contributed by atoms with van der Waals surface area (Å²) in [5.74, 6) is -1.98. The standard InChI is InChI=1S/C12H12F3N3/c1-8-16-2-4-18(8)5-3-17-12-10(14)6-9(13)7-11(12)15/h2,4,6-7,17H,3,5H2,1H3. The molecule has 96 valence electrons. The molecule has 0 radical (unpaired) electrons. The Balaban J connectivity index is 2.01. The molecule has 0 unspecified atom stereocenters. The monoisotopic (exact) mass is 255 g/mol. The molecule has 0 saturated carbocycles. The minimum Gasteiger partial charge on any atom is -0.378 e. The quantitative estimate of drug-likeness (QED) is 0.910. The molecule has 0 aliphatic rings. The van der Waals surface area contributed by atoms with Crippen LogP contribution >= 0.6 is 0 Å². The van der Waals surface area contributed by atoms with Crippen molar-refractivity contribution in [3.63, 3.8) is 0 Å². The van der Waals surface area contributed by atoms with Gasteiger partial charge >= 0.3 is 0 Å². The van der Waals surface area contributed by atoms with E-state index in [4.69, 9.17) is 0 Å². The Bertz CT molecular complexity index is 528. The van der Waals surface area contributed by atoms with Gasteiger partial charge in [-0.25, -0.2) is 18.2 Å². The summed E-state index contributed by atoms with van der Waals surface area (Å²) in [6.07, 6.45) is 3.42. The SMILES string of the molecule is Cc1nccn1CCNc1c(F)cc(F)cc1F. The lowest BCUT2D eigenvalue weighted by molar-refractivity contribution is 0.546. The number of aromatic nitrogens is 2. The second kappa shape index (κ2) is 5.12. The largest absolute Gasteiger partial charge is 0.378 e. The van der Waals surface area contributed by atoms with Crippen LogP contribution in [0.25, 0.3) is 0 Å². The van der Waals surface area contributed by atoms with Gasteiger partial charge in [-0.2, -0.15) is 0 Å². The third kappa shape index (κ3) is 2.64. The molecule has 0 aliphatic carbocycles. The van der Waals surface area contributed by atoms with Crippen LogP contribution in [0.2, 0.25) is 0 Å². The Morgan fingerprint density at radius 2 is 1.89 bits per heavy atom. The molecular formula is C12H12F3N3. The highest BCUT2D eigenvalue weighted by Crippen LogP contribution is 2.19. The molecule has 2 aromatic rings. The van der Waals surface area contributed by atoms with Gasteiger partial charge in [-0.15, -0.1) is 0 Å². The van der Waals surface area contributed by atoms with Crippen LogP contribution in [-0.2, 0) is 6.54 Å². The van der Waals surface area contributed by atoms with E-state index >= 15 is 0 Å². The number of nitrogens with zero attached hydrogens (tertiary/aromatic N) is 2. The molecule has 0 spiro atoms. The molecule has 0 saturated heterocycles. The summed E-state index contributed by atoms with van der Waals surface area (Å²) < 4.78 is 41.1.